The maximum atomic E-state index is 13.2. The minimum atomic E-state index is 0.00822. The fourth-order valence-electron chi connectivity index (χ4n) is 4.21. The van der Waals surface area contributed by atoms with E-state index in [1.165, 1.54) is 0 Å². The van der Waals surface area contributed by atoms with Crippen molar-refractivity contribution >= 4 is 33.5 Å². The van der Waals surface area contributed by atoms with Gasteiger partial charge in [-0.1, -0.05) is 30.3 Å². The van der Waals surface area contributed by atoms with Crippen LogP contribution in [0.4, 0.5) is 5.82 Å². The molecular weight excluding hydrogens is 376 g/mol. The molecule has 4 aromatic rings. The molecule has 1 fully saturated rings. The second kappa shape index (κ2) is 7.63. The summed E-state index contributed by atoms with van der Waals surface area (Å²) in [4.78, 5) is 34.6. The van der Waals surface area contributed by atoms with Crippen molar-refractivity contribution in [2.45, 2.75) is 6.54 Å². The molecule has 1 saturated heterocycles. The number of aromatic nitrogens is 2. The molecule has 1 aliphatic rings. The molecule has 0 N–H and O–H groups in total. The number of piperazine rings is 1. The first-order valence-electron chi connectivity index (χ1n) is 10.2. The van der Waals surface area contributed by atoms with Gasteiger partial charge in [0.05, 0.1) is 11.0 Å². The molecule has 3 heterocycles. The van der Waals surface area contributed by atoms with Crippen molar-refractivity contribution in [3.05, 3.63) is 83.2 Å². The Morgan fingerprint density at radius 1 is 0.800 bits per heavy atom. The normalized spacial score (nSPS) is 14.4. The number of benzene rings is 2. The van der Waals surface area contributed by atoms with E-state index in [4.69, 9.17) is 0 Å². The van der Waals surface area contributed by atoms with E-state index < -0.39 is 0 Å². The molecule has 2 aromatic carbocycles. The van der Waals surface area contributed by atoms with E-state index in [0.717, 1.165) is 29.9 Å². The van der Waals surface area contributed by atoms with Gasteiger partial charge in [-0.3, -0.25) is 9.59 Å². The zero-order valence-corrected chi connectivity index (χ0v) is 16.6. The van der Waals surface area contributed by atoms with Crippen LogP contribution < -0.4 is 10.3 Å². The molecule has 6 heteroatoms. The molecule has 0 spiro atoms. The second-order valence-corrected chi connectivity index (χ2v) is 7.51. The summed E-state index contributed by atoms with van der Waals surface area (Å²) in [5, 5.41) is 1.29. The Morgan fingerprint density at radius 3 is 2.00 bits per heavy atom. The number of para-hydroxylation sites is 2. The van der Waals surface area contributed by atoms with E-state index in [1.54, 1.807) is 6.20 Å². The predicted octanol–water partition coefficient (Wildman–Crippen LogP) is 2.90. The number of hydrogen-bond acceptors (Lipinski definition) is 4. The van der Waals surface area contributed by atoms with Gasteiger partial charge in [-0.25, -0.2) is 4.98 Å². The highest BCUT2D eigenvalue weighted by Gasteiger charge is 2.23. The molecule has 0 radical (unpaired) electrons. The van der Waals surface area contributed by atoms with Crippen LogP contribution in [0.3, 0.4) is 0 Å². The smallest absolute Gasteiger partial charge is 0.242 e. The lowest BCUT2D eigenvalue weighted by Crippen LogP contribution is -2.49. The van der Waals surface area contributed by atoms with Crippen LogP contribution in [0.5, 0.6) is 0 Å². The van der Waals surface area contributed by atoms with Gasteiger partial charge in [0.25, 0.3) is 0 Å². The summed E-state index contributed by atoms with van der Waals surface area (Å²) < 4.78 is 1.97. The van der Waals surface area contributed by atoms with Crippen molar-refractivity contribution in [1.82, 2.24) is 14.5 Å². The highest BCUT2D eigenvalue weighted by atomic mass is 16.2. The van der Waals surface area contributed by atoms with Gasteiger partial charge in [0.15, 0.2) is 5.43 Å². The first-order chi connectivity index (χ1) is 14.7. The summed E-state index contributed by atoms with van der Waals surface area (Å²) in [6.07, 6.45) is 1.79. The Bertz CT molecular complexity index is 1210. The monoisotopic (exact) mass is 398 g/mol. The highest BCUT2D eigenvalue weighted by Crippen LogP contribution is 2.20. The van der Waals surface area contributed by atoms with Crippen LogP contribution in [-0.2, 0) is 11.3 Å². The highest BCUT2D eigenvalue weighted by molar-refractivity contribution is 5.94. The average molecular weight is 398 g/mol. The Labute approximate surface area is 174 Å². The van der Waals surface area contributed by atoms with Gasteiger partial charge in [0.2, 0.25) is 5.91 Å². The molecule has 6 nitrogen and oxygen atoms in total. The topological polar surface area (TPSA) is 58.4 Å². The minimum absolute atomic E-state index is 0.00822. The molecule has 0 atom stereocenters. The van der Waals surface area contributed by atoms with Crippen LogP contribution in [0, 0.1) is 0 Å². The first kappa shape index (κ1) is 18.4. The minimum Gasteiger partial charge on any atom is -0.353 e. The summed E-state index contributed by atoms with van der Waals surface area (Å²) in [5.41, 5.74) is 1.59. The maximum absolute atomic E-state index is 13.2. The molecule has 0 bridgehead atoms. The van der Waals surface area contributed by atoms with Crippen molar-refractivity contribution in [3.63, 3.8) is 0 Å². The molecule has 30 heavy (non-hydrogen) atoms. The van der Waals surface area contributed by atoms with Gasteiger partial charge in [0, 0.05) is 43.1 Å². The number of nitrogens with zero attached hydrogens (tertiary/aromatic N) is 4. The molecule has 150 valence electrons. The van der Waals surface area contributed by atoms with Crippen molar-refractivity contribution in [3.8, 4) is 0 Å². The number of hydrogen-bond donors (Lipinski definition) is 0. The molecule has 2 aromatic heterocycles. The van der Waals surface area contributed by atoms with Gasteiger partial charge in [0.1, 0.15) is 12.4 Å². The summed E-state index contributed by atoms with van der Waals surface area (Å²) in [5.74, 6) is 1.01. The van der Waals surface area contributed by atoms with Crippen molar-refractivity contribution < 1.29 is 4.79 Å². The Morgan fingerprint density at radius 2 is 1.40 bits per heavy atom. The van der Waals surface area contributed by atoms with Gasteiger partial charge in [-0.15, -0.1) is 0 Å². The van der Waals surface area contributed by atoms with E-state index >= 15 is 0 Å². The van der Waals surface area contributed by atoms with Crippen LogP contribution in [0.1, 0.15) is 0 Å². The largest absolute Gasteiger partial charge is 0.353 e. The number of fused-ring (bicyclic) bond motifs is 2. The van der Waals surface area contributed by atoms with E-state index in [0.29, 0.717) is 23.9 Å². The van der Waals surface area contributed by atoms with E-state index in [-0.39, 0.29) is 17.9 Å². The molecule has 1 amide bonds. The summed E-state index contributed by atoms with van der Waals surface area (Å²) >= 11 is 0. The van der Waals surface area contributed by atoms with Gasteiger partial charge < -0.3 is 14.4 Å². The number of anilines is 1. The van der Waals surface area contributed by atoms with Crippen LogP contribution >= 0.6 is 0 Å². The fraction of sp³-hybridized carbons (Fsp3) is 0.208. The molecule has 0 saturated carbocycles. The molecular formula is C24H22N4O2. The SMILES string of the molecule is O=C(Cn1c2ccccc2c(=O)c2ccccc21)N1CCN(c2ccccn2)CC1. The quantitative estimate of drug-likeness (QED) is 0.498. The lowest BCUT2D eigenvalue weighted by atomic mass is 10.1. The molecule has 1 aliphatic heterocycles. The van der Waals surface area contributed by atoms with E-state index in [1.807, 2.05) is 76.2 Å². The van der Waals surface area contributed by atoms with Crippen LogP contribution in [0.15, 0.2) is 77.7 Å². The first-order valence-corrected chi connectivity index (χ1v) is 10.2. The van der Waals surface area contributed by atoms with E-state index in [2.05, 4.69) is 9.88 Å². The van der Waals surface area contributed by atoms with Crippen LogP contribution in [0.25, 0.3) is 21.8 Å². The second-order valence-electron chi connectivity index (χ2n) is 7.51. The van der Waals surface area contributed by atoms with Crippen molar-refractivity contribution in [1.29, 1.82) is 0 Å². The third-order valence-electron chi connectivity index (χ3n) is 5.78. The predicted molar refractivity (Wildman–Crippen MR) is 119 cm³/mol. The standard InChI is InChI=1S/C24H22N4O2/c29-23(27-15-13-26(14-16-27)22-11-5-6-12-25-22)17-28-20-9-3-1-7-18(20)24(30)19-8-2-4-10-21(19)28/h1-12H,13-17H2. The lowest BCUT2D eigenvalue weighted by molar-refractivity contribution is -0.132. The Balaban J connectivity index is 1.43. The number of rotatable bonds is 3. The number of carbonyl (C=O) groups is 1. The number of carbonyl (C=O) groups excluding carboxylic acids is 1. The summed E-state index contributed by atoms with van der Waals surface area (Å²) in [6, 6.07) is 20.9. The zero-order valence-electron chi connectivity index (χ0n) is 16.6. The molecule has 5 rings (SSSR count). The number of amides is 1. The van der Waals surface area contributed by atoms with E-state index in [9.17, 15) is 9.59 Å². The number of pyridine rings is 2. The maximum Gasteiger partial charge on any atom is 0.242 e. The van der Waals surface area contributed by atoms with Crippen molar-refractivity contribution in [2.24, 2.45) is 0 Å². The molecule has 0 unspecified atom stereocenters. The lowest BCUT2D eigenvalue weighted by Gasteiger charge is -2.35. The van der Waals surface area contributed by atoms with Crippen LogP contribution in [-0.4, -0.2) is 46.5 Å². The van der Waals surface area contributed by atoms with Gasteiger partial charge in [-0.05, 0) is 36.4 Å². The van der Waals surface area contributed by atoms with Crippen LogP contribution in [0.2, 0.25) is 0 Å². The Kier molecular flexibility index (Phi) is 4.67. The zero-order chi connectivity index (χ0) is 20.5. The molecule has 0 aliphatic carbocycles. The summed E-state index contributed by atoms with van der Waals surface area (Å²) in [6.45, 7) is 3.05. The third kappa shape index (κ3) is 3.20. The Hall–Kier alpha value is -3.67. The van der Waals surface area contributed by atoms with Gasteiger partial charge >= 0.3 is 0 Å². The fourth-order valence-corrected chi connectivity index (χ4v) is 4.21. The summed E-state index contributed by atoms with van der Waals surface area (Å²) in [7, 11) is 0. The van der Waals surface area contributed by atoms with Crippen molar-refractivity contribution in [2.75, 3.05) is 31.1 Å². The van der Waals surface area contributed by atoms with Gasteiger partial charge in [-0.2, -0.15) is 0 Å². The average Bonchev–Trinajstić information content (AvgIpc) is 2.82. The third-order valence-corrected chi connectivity index (χ3v) is 5.78.